The molecule has 0 saturated heterocycles. The van der Waals surface area contributed by atoms with Crippen LogP contribution in [0.15, 0.2) is 5.18 Å². The van der Waals surface area contributed by atoms with Gasteiger partial charge < -0.3 is 31.0 Å². The SMILES string of the molecule is C.CN=O.C[C@H](CCC(=O)O)[C@H]1CCC2C3C(=O)CC4C[C@H](O)CC[C@]4(C)C3CC[C@@]21C.C[C@H](CCC(=O)O)[C@H]1CCC2C3C(CC[C@@]21C)[C@@]1(C)CC[C@@H](O)CC1C[C@H]3O.O. The van der Waals surface area contributed by atoms with Crippen LogP contribution in [0, 0.1) is 97.6 Å². The Morgan fingerprint density at radius 1 is 0.639 bits per heavy atom. The number of hydrogen-bond acceptors (Lipinski definition) is 8. The standard InChI is InChI=1S/C24H40O4.C24H38O4.CH3NO.CH4.H2O/c2*1-14(4-7-21(27)28)17-5-6-18-22-19(9-11-24(17,18)3)23(2)10-8-16(25)12-15(23)13-20(22)26;1-2-3;;/h14-20,22,25-26H,4-13H2,1-3H3,(H,27,28);14-19,22,25H,4-13H2,1-3H3,(H,27,28);1H3;1H4;1H2/t14-,15?,16-,17-,18?,19?,20-,22?,23+,24-;14-,15?,16-,17-,18?,19?,22?,23+,24-;;;/m11.../s1. The summed E-state index contributed by atoms with van der Waals surface area (Å²) in [5.74, 6) is 4.60. The summed E-state index contributed by atoms with van der Waals surface area (Å²) in [5.41, 5.74) is 0.924. The van der Waals surface area contributed by atoms with Gasteiger partial charge in [0.1, 0.15) is 5.78 Å². The van der Waals surface area contributed by atoms with Crippen LogP contribution in [0.4, 0.5) is 0 Å². The van der Waals surface area contributed by atoms with Crippen molar-refractivity contribution >= 4 is 17.7 Å². The first-order valence-corrected chi connectivity index (χ1v) is 24.0. The fourth-order valence-corrected chi connectivity index (χ4v) is 17.2. The molecule has 8 aliphatic rings. The van der Waals surface area contributed by atoms with Crippen molar-refractivity contribution in [3.05, 3.63) is 4.91 Å². The van der Waals surface area contributed by atoms with Crippen LogP contribution in [0.1, 0.15) is 177 Å². The van der Waals surface area contributed by atoms with Gasteiger partial charge in [0, 0.05) is 25.2 Å². The number of aliphatic hydroxyl groups is 3. The van der Waals surface area contributed by atoms with Gasteiger partial charge >= 0.3 is 11.9 Å². The molecule has 352 valence electrons. The Hall–Kier alpha value is -1.95. The molecular weight excluding hydrogens is 775 g/mol. The lowest BCUT2D eigenvalue weighted by Gasteiger charge is -2.62. The molecule has 61 heavy (non-hydrogen) atoms. The Kier molecular flexibility index (Phi) is 17.0. The van der Waals surface area contributed by atoms with E-state index >= 15 is 0 Å². The van der Waals surface area contributed by atoms with E-state index in [0.717, 1.165) is 77.0 Å². The molecule has 8 aliphatic carbocycles. The highest BCUT2D eigenvalue weighted by atomic mass is 16.4. The molecule has 8 fully saturated rings. The summed E-state index contributed by atoms with van der Waals surface area (Å²) in [6, 6.07) is 0. The van der Waals surface area contributed by atoms with Gasteiger partial charge in [-0.05, 0) is 196 Å². The zero-order valence-electron chi connectivity index (χ0n) is 38.1. The molecule has 0 spiro atoms. The van der Waals surface area contributed by atoms with Crippen LogP contribution < -0.4 is 0 Å². The molecule has 0 radical (unpaired) electrons. The molecule has 11 nitrogen and oxygen atoms in total. The molecule has 0 aromatic rings. The monoisotopic (exact) mass is 862 g/mol. The summed E-state index contributed by atoms with van der Waals surface area (Å²) < 4.78 is 0. The second-order valence-corrected chi connectivity index (χ2v) is 22.7. The largest absolute Gasteiger partial charge is 0.481 e. The first-order valence-electron chi connectivity index (χ1n) is 24.0. The number of carbonyl (C=O) groups is 3. The molecule has 0 aromatic heterocycles. The van der Waals surface area contributed by atoms with Gasteiger partial charge in [-0.25, -0.2) is 0 Å². The maximum atomic E-state index is 13.3. The third kappa shape index (κ3) is 9.57. The summed E-state index contributed by atoms with van der Waals surface area (Å²) in [6.07, 6.45) is 18.0. The van der Waals surface area contributed by atoms with Gasteiger partial charge in [0.25, 0.3) is 0 Å². The molecule has 8 saturated carbocycles. The van der Waals surface area contributed by atoms with Crippen molar-refractivity contribution in [2.24, 2.45) is 97.9 Å². The zero-order valence-corrected chi connectivity index (χ0v) is 38.1. The van der Waals surface area contributed by atoms with Gasteiger partial charge in [-0.2, -0.15) is 4.91 Å². The van der Waals surface area contributed by atoms with Crippen LogP contribution in [0.5, 0.6) is 0 Å². The first-order chi connectivity index (χ1) is 27.7. The predicted molar refractivity (Wildman–Crippen MR) is 238 cm³/mol. The van der Waals surface area contributed by atoms with E-state index in [1.165, 1.54) is 39.2 Å². The molecule has 0 amide bonds. The maximum absolute atomic E-state index is 13.3. The van der Waals surface area contributed by atoms with E-state index in [0.29, 0.717) is 77.3 Å². The van der Waals surface area contributed by atoms with E-state index < -0.39 is 11.9 Å². The van der Waals surface area contributed by atoms with Crippen LogP contribution in [0.25, 0.3) is 0 Å². The number of Topliss-reactive ketones (excluding diaryl/α,β-unsaturated/α-hetero) is 1. The van der Waals surface area contributed by atoms with E-state index in [2.05, 4.69) is 46.7 Å². The Morgan fingerprint density at radius 2 is 1.03 bits per heavy atom. The smallest absolute Gasteiger partial charge is 0.303 e. The van der Waals surface area contributed by atoms with E-state index in [1.54, 1.807) is 0 Å². The third-order valence-electron chi connectivity index (χ3n) is 20.2. The topological polar surface area (TPSA) is 213 Å². The molecule has 0 aromatic carbocycles. The van der Waals surface area contributed by atoms with Crippen LogP contribution >= 0.6 is 0 Å². The number of rotatable bonds is 8. The van der Waals surface area contributed by atoms with Gasteiger partial charge in [0.15, 0.2) is 0 Å². The van der Waals surface area contributed by atoms with Crippen LogP contribution in [0.2, 0.25) is 0 Å². The van der Waals surface area contributed by atoms with Crippen molar-refractivity contribution in [1.82, 2.24) is 0 Å². The third-order valence-corrected chi connectivity index (χ3v) is 20.2. The van der Waals surface area contributed by atoms with Crippen molar-refractivity contribution in [2.75, 3.05) is 7.05 Å². The average molecular weight is 862 g/mol. The number of nitroso groups, excluding NO2 is 1. The van der Waals surface area contributed by atoms with Crippen LogP contribution in [-0.2, 0) is 14.4 Å². The lowest BCUT2D eigenvalue weighted by atomic mass is 9.43. The second-order valence-electron chi connectivity index (χ2n) is 22.7. The fraction of sp³-hybridized carbons (Fsp3) is 0.940. The molecule has 0 aliphatic heterocycles. The fourth-order valence-electron chi connectivity index (χ4n) is 17.2. The summed E-state index contributed by atoms with van der Waals surface area (Å²) in [6.45, 7) is 14.2. The molecule has 19 atom stereocenters. The first kappa shape index (κ1) is 51.7. The molecule has 11 heteroatoms. The minimum atomic E-state index is -0.698. The summed E-state index contributed by atoms with van der Waals surface area (Å²) >= 11 is 0. The van der Waals surface area contributed by atoms with Gasteiger partial charge in [-0.3, -0.25) is 14.4 Å². The van der Waals surface area contributed by atoms with E-state index in [9.17, 15) is 29.7 Å². The minimum absolute atomic E-state index is 0. The van der Waals surface area contributed by atoms with Gasteiger partial charge in [-0.15, -0.1) is 0 Å². The summed E-state index contributed by atoms with van der Waals surface area (Å²) in [7, 11) is 1.19. The van der Waals surface area contributed by atoms with Gasteiger partial charge in [0.05, 0.1) is 25.4 Å². The number of carboxylic acids is 2. The maximum Gasteiger partial charge on any atom is 0.303 e. The van der Waals surface area contributed by atoms with Gasteiger partial charge in [0.2, 0.25) is 0 Å². The van der Waals surface area contributed by atoms with E-state index in [1.807, 2.05) is 0 Å². The number of nitrogens with zero attached hydrogens (tertiary/aromatic N) is 1. The van der Waals surface area contributed by atoms with Crippen molar-refractivity contribution < 1.29 is 45.4 Å². The molecule has 7 N–H and O–H groups in total. The lowest BCUT2D eigenvalue weighted by molar-refractivity contribution is -0.174. The lowest BCUT2D eigenvalue weighted by Crippen LogP contribution is -2.58. The van der Waals surface area contributed by atoms with E-state index in [-0.39, 0.29) is 71.6 Å². The van der Waals surface area contributed by atoms with Crippen molar-refractivity contribution in [3.63, 3.8) is 0 Å². The average Bonchev–Trinajstić information content (AvgIpc) is 3.71. The molecular formula is C50H87NO10. The molecule has 8 rings (SSSR count). The van der Waals surface area contributed by atoms with Crippen molar-refractivity contribution in [2.45, 2.75) is 196 Å². The quantitative estimate of drug-likeness (QED) is 0.147. The normalized spacial score (nSPS) is 46.5. The Labute approximate surface area is 367 Å². The predicted octanol–water partition coefficient (Wildman–Crippen LogP) is 9.36. The number of carbonyl (C=O) groups excluding carboxylic acids is 1. The number of hydrogen-bond donors (Lipinski definition) is 5. The number of carboxylic acid groups (broad SMARTS) is 2. The highest BCUT2D eigenvalue weighted by molar-refractivity contribution is 5.83. The molecule has 0 heterocycles. The molecule has 8 unspecified atom stereocenters. The number of fused-ring (bicyclic) bond motifs is 10. The minimum Gasteiger partial charge on any atom is -0.481 e. The highest BCUT2D eigenvalue weighted by Gasteiger charge is 2.64. The van der Waals surface area contributed by atoms with Crippen molar-refractivity contribution in [1.29, 1.82) is 0 Å². The summed E-state index contributed by atoms with van der Waals surface area (Å²) in [4.78, 5) is 44.0. The number of aliphatic carboxylic acids is 2. The number of ketones is 1. The zero-order chi connectivity index (χ0) is 43.2. The summed E-state index contributed by atoms with van der Waals surface area (Å²) in [5, 5.41) is 52.0. The van der Waals surface area contributed by atoms with Gasteiger partial charge in [-0.1, -0.05) is 54.1 Å². The Balaban J connectivity index is 0.000000245. The second kappa shape index (κ2) is 20.1. The Morgan fingerprint density at radius 3 is 1.54 bits per heavy atom. The molecule has 0 bridgehead atoms. The van der Waals surface area contributed by atoms with E-state index in [4.69, 9.17) is 15.1 Å². The highest BCUT2D eigenvalue weighted by Crippen LogP contribution is 2.70. The van der Waals surface area contributed by atoms with Crippen LogP contribution in [-0.4, -0.2) is 74.1 Å². The van der Waals surface area contributed by atoms with Crippen molar-refractivity contribution in [3.8, 4) is 0 Å². The Bertz CT molecular complexity index is 1520. The number of aliphatic hydroxyl groups excluding tert-OH is 3. The van der Waals surface area contributed by atoms with Crippen LogP contribution in [0.3, 0.4) is 0 Å².